The van der Waals surface area contributed by atoms with Crippen LogP contribution in [0.3, 0.4) is 0 Å². The third-order valence-electron chi connectivity index (χ3n) is 3.25. The lowest BCUT2D eigenvalue weighted by Gasteiger charge is -2.36. The number of rotatable bonds is 2. The van der Waals surface area contributed by atoms with Crippen molar-refractivity contribution < 1.29 is 23.7 Å². The van der Waals surface area contributed by atoms with Gasteiger partial charge >= 0.3 is 0 Å². The Bertz CT molecular complexity index is 331. The van der Waals surface area contributed by atoms with E-state index in [2.05, 4.69) is 13.2 Å². The quantitative estimate of drug-likeness (QED) is 0.673. The third-order valence-corrected chi connectivity index (χ3v) is 3.25. The molecule has 7 atom stereocenters. The Morgan fingerprint density at radius 2 is 1.41 bits per heavy atom. The molecule has 3 rings (SSSR count). The van der Waals surface area contributed by atoms with E-state index < -0.39 is 18.9 Å². The van der Waals surface area contributed by atoms with E-state index in [-0.39, 0.29) is 24.4 Å². The van der Waals surface area contributed by atoms with Gasteiger partial charge in [-0.25, -0.2) is 0 Å². The molecule has 5 heteroatoms. The zero-order valence-electron chi connectivity index (χ0n) is 9.65. The van der Waals surface area contributed by atoms with Gasteiger partial charge in [-0.2, -0.15) is 0 Å². The number of fused-ring (bicyclic) bond motifs is 3. The monoisotopic (exact) mass is 240 g/mol. The number of hydrogen-bond donors (Lipinski definition) is 0. The van der Waals surface area contributed by atoms with Crippen molar-refractivity contribution in [1.82, 2.24) is 0 Å². The summed E-state index contributed by atoms with van der Waals surface area (Å²) in [6.07, 6.45) is 1.35. The van der Waals surface area contributed by atoms with E-state index >= 15 is 0 Å². The Hall–Kier alpha value is -0.720. The molecule has 0 saturated carbocycles. The molecule has 3 aliphatic rings. The highest BCUT2D eigenvalue weighted by molar-refractivity contribution is 5.00. The Labute approximate surface area is 99.9 Å². The molecular formula is C12H16O5. The highest BCUT2D eigenvalue weighted by Crippen LogP contribution is 2.39. The summed E-state index contributed by atoms with van der Waals surface area (Å²) in [5.41, 5.74) is 0. The first-order valence-corrected chi connectivity index (χ1v) is 5.75. The van der Waals surface area contributed by atoms with E-state index in [1.165, 1.54) is 0 Å². The van der Waals surface area contributed by atoms with Gasteiger partial charge in [-0.15, -0.1) is 0 Å². The molecule has 5 nitrogen and oxygen atoms in total. The Balaban J connectivity index is 1.77. The van der Waals surface area contributed by atoms with E-state index in [0.29, 0.717) is 0 Å². The minimum Gasteiger partial charge on any atom is -0.343 e. The van der Waals surface area contributed by atoms with Crippen LogP contribution in [0.1, 0.15) is 6.92 Å². The van der Waals surface area contributed by atoms with E-state index in [1.54, 1.807) is 12.2 Å². The van der Waals surface area contributed by atoms with Gasteiger partial charge in [0.15, 0.2) is 18.9 Å². The second-order valence-corrected chi connectivity index (χ2v) is 4.36. The van der Waals surface area contributed by atoms with Crippen LogP contribution >= 0.6 is 0 Å². The highest BCUT2D eigenvalue weighted by Gasteiger charge is 2.56. The Morgan fingerprint density at radius 3 is 2.12 bits per heavy atom. The minimum absolute atomic E-state index is 0.0725. The summed E-state index contributed by atoms with van der Waals surface area (Å²) < 4.78 is 28.2. The fourth-order valence-corrected chi connectivity index (χ4v) is 2.45. The Kier molecular flexibility index (Phi) is 2.80. The SMILES string of the molecule is C=CC1OC2OC3C(C)OC(C=C)OC3C2O1. The Morgan fingerprint density at radius 1 is 0.765 bits per heavy atom. The largest absolute Gasteiger partial charge is 0.343 e. The van der Waals surface area contributed by atoms with Crippen LogP contribution < -0.4 is 0 Å². The predicted octanol–water partition coefficient (Wildman–Crippen LogP) is 0.955. The van der Waals surface area contributed by atoms with E-state index in [4.69, 9.17) is 23.7 Å². The molecule has 0 radical (unpaired) electrons. The summed E-state index contributed by atoms with van der Waals surface area (Å²) in [6.45, 7) is 9.25. The van der Waals surface area contributed by atoms with Crippen molar-refractivity contribution in [2.45, 2.75) is 50.2 Å². The molecule has 3 heterocycles. The summed E-state index contributed by atoms with van der Waals surface area (Å²) in [6, 6.07) is 0. The zero-order chi connectivity index (χ0) is 12.0. The van der Waals surface area contributed by atoms with Gasteiger partial charge in [-0.05, 0) is 19.1 Å². The fourth-order valence-electron chi connectivity index (χ4n) is 2.45. The molecule has 17 heavy (non-hydrogen) atoms. The maximum absolute atomic E-state index is 5.75. The molecule has 3 fully saturated rings. The second-order valence-electron chi connectivity index (χ2n) is 4.36. The molecule has 0 aromatic rings. The van der Waals surface area contributed by atoms with Gasteiger partial charge in [0.2, 0.25) is 0 Å². The minimum atomic E-state index is -0.421. The van der Waals surface area contributed by atoms with Crippen molar-refractivity contribution in [2.75, 3.05) is 0 Å². The third kappa shape index (κ3) is 1.75. The lowest BCUT2D eigenvalue weighted by molar-refractivity contribution is -0.274. The lowest BCUT2D eigenvalue weighted by Crippen LogP contribution is -2.49. The smallest absolute Gasteiger partial charge is 0.190 e. The molecule has 3 aliphatic heterocycles. The molecule has 3 saturated heterocycles. The first-order chi connectivity index (χ1) is 8.22. The van der Waals surface area contributed by atoms with Crippen LogP contribution in [0.5, 0.6) is 0 Å². The molecule has 0 N–H and O–H groups in total. The van der Waals surface area contributed by atoms with Gasteiger partial charge in [0, 0.05) is 0 Å². The van der Waals surface area contributed by atoms with E-state index in [9.17, 15) is 0 Å². The number of ether oxygens (including phenoxy) is 5. The van der Waals surface area contributed by atoms with Crippen molar-refractivity contribution in [3.63, 3.8) is 0 Å². The van der Waals surface area contributed by atoms with Crippen molar-refractivity contribution in [3.8, 4) is 0 Å². The summed E-state index contributed by atoms with van der Waals surface area (Å²) in [7, 11) is 0. The molecular weight excluding hydrogens is 224 g/mol. The summed E-state index contributed by atoms with van der Waals surface area (Å²) in [4.78, 5) is 0. The van der Waals surface area contributed by atoms with Crippen LogP contribution in [-0.2, 0) is 23.7 Å². The van der Waals surface area contributed by atoms with Gasteiger partial charge in [0.25, 0.3) is 0 Å². The van der Waals surface area contributed by atoms with Crippen LogP contribution in [0.4, 0.5) is 0 Å². The first kappa shape index (κ1) is 11.4. The summed E-state index contributed by atoms with van der Waals surface area (Å²) >= 11 is 0. The fraction of sp³-hybridized carbons (Fsp3) is 0.667. The first-order valence-electron chi connectivity index (χ1n) is 5.75. The highest BCUT2D eigenvalue weighted by atomic mass is 16.8. The average Bonchev–Trinajstić information content (AvgIpc) is 2.86. The normalized spacial score (nSPS) is 52.9. The molecule has 0 aromatic carbocycles. The van der Waals surface area contributed by atoms with Crippen LogP contribution in [0.2, 0.25) is 0 Å². The number of hydrogen-bond acceptors (Lipinski definition) is 5. The van der Waals surface area contributed by atoms with Gasteiger partial charge in [0.05, 0.1) is 6.10 Å². The second kappa shape index (κ2) is 4.19. The van der Waals surface area contributed by atoms with E-state index in [0.717, 1.165) is 0 Å². The maximum Gasteiger partial charge on any atom is 0.190 e. The van der Waals surface area contributed by atoms with Crippen molar-refractivity contribution >= 4 is 0 Å². The molecule has 0 spiro atoms. The van der Waals surface area contributed by atoms with Crippen molar-refractivity contribution in [1.29, 1.82) is 0 Å². The topological polar surface area (TPSA) is 46.2 Å². The van der Waals surface area contributed by atoms with Gasteiger partial charge in [0.1, 0.15) is 18.3 Å². The van der Waals surface area contributed by atoms with Crippen molar-refractivity contribution in [2.24, 2.45) is 0 Å². The average molecular weight is 240 g/mol. The molecule has 0 amide bonds. The van der Waals surface area contributed by atoms with Crippen LogP contribution in [0, 0.1) is 0 Å². The van der Waals surface area contributed by atoms with Gasteiger partial charge < -0.3 is 23.7 Å². The summed E-state index contributed by atoms with van der Waals surface area (Å²) in [5.74, 6) is 0. The van der Waals surface area contributed by atoms with Gasteiger partial charge in [-0.1, -0.05) is 13.2 Å². The lowest BCUT2D eigenvalue weighted by atomic mass is 10.1. The summed E-state index contributed by atoms with van der Waals surface area (Å²) in [5, 5.41) is 0. The predicted molar refractivity (Wildman–Crippen MR) is 58.0 cm³/mol. The standard InChI is InChI=1S/C12H16O5/c1-4-7-13-6(3)9-10(14-7)11-12(17-9)16-8(5-2)15-11/h4-12H,1-2H2,3H3. The molecule has 0 aromatic heterocycles. The molecule has 94 valence electrons. The van der Waals surface area contributed by atoms with E-state index in [1.807, 2.05) is 6.92 Å². The van der Waals surface area contributed by atoms with Crippen LogP contribution in [0.15, 0.2) is 25.3 Å². The molecule has 0 bridgehead atoms. The molecule has 0 aliphatic carbocycles. The van der Waals surface area contributed by atoms with Gasteiger partial charge in [-0.3, -0.25) is 0 Å². The zero-order valence-corrected chi connectivity index (χ0v) is 9.65. The van der Waals surface area contributed by atoms with Crippen molar-refractivity contribution in [3.05, 3.63) is 25.3 Å². The maximum atomic E-state index is 5.75. The van der Waals surface area contributed by atoms with Crippen LogP contribution in [-0.4, -0.2) is 43.3 Å². The van der Waals surface area contributed by atoms with Crippen LogP contribution in [0.25, 0.3) is 0 Å². The molecule has 7 unspecified atom stereocenters.